The van der Waals surface area contributed by atoms with Crippen molar-refractivity contribution < 1.29 is 47.5 Å². The van der Waals surface area contributed by atoms with Gasteiger partial charge in [-0.25, -0.2) is 4.28 Å². The van der Waals surface area contributed by atoms with Crippen LogP contribution in [0.5, 0.6) is 0 Å². The third-order valence-corrected chi connectivity index (χ3v) is 5.28. The van der Waals surface area contributed by atoms with Gasteiger partial charge in [-0.05, 0) is 5.56 Å². The van der Waals surface area contributed by atoms with E-state index in [0.717, 1.165) is 0 Å². The second kappa shape index (κ2) is 12.4. The molecule has 0 aromatic heterocycles. The van der Waals surface area contributed by atoms with Gasteiger partial charge in [0.05, 0.1) is 12.7 Å². The molecule has 1 heterocycles. The summed E-state index contributed by atoms with van der Waals surface area (Å²) in [6, 6.07) is 8.31. The Bertz CT molecular complexity index is 764. The molecule has 0 unspecified atom stereocenters. The van der Waals surface area contributed by atoms with Gasteiger partial charge in [-0.15, -0.1) is 0 Å². The number of nitrogens with zero attached hydrogens (tertiary/aromatic N) is 1. The Labute approximate surface area is 214 Å². The van der Waals surface area contributed by atoms with E-state index in [-0.39, 0.29) is 62.8 Å². The van der Waals surface area contributed by atoms with Crippen molar-refractivity contribution >= 4 is 78.6 Å². The summed E-state index contributed by atoms with van der Waals surface area (Å²) in [6.45, 7) is -0.650. The average Bonchev–Trinajstić information content (AvgIpc) is 2.66. The zero-order chi connectivity index (χ0) is 20.9. The van der Waals surface area contributed by atoms with E-state index in [0.29, 0.717) is 17.3 Å². The summed E-state index contributed by atoms with van der Waals surface area (Å²) in [5.74, 6) is 0. The van der Waals surface area contributed by atoms with E-state index in [2.05, 4.69) is 9.44 Å². The minimum Gasteiger partial charge on any atom is -0.394 e. The van der Waals surface area contributed by atoms with Crippen LogP contribution in [0.15, 0.2) is 35.5 Å². The first-order valence-corrected chi connectivity index (χ1v) is 10.3. The second-order valence-corrected chi connectivity index (χ2v) is 8.11. The van der Waals surface area contributed by atoms with E-state index < -0.39 is 53.0 Å². The third-order valence-electron chi connectivity index (χ3n) is 3.89. The van der Waals surface area contributed by atoms with Gasteiger partial charge in [-0.2, -0.15) is 8.42 Å². The van der Waals surface area contributed by atoms with Gasteiger partial charge in [0.25, 0.3) is 0 Å². The first-order chi connectivity index (χ1) is 13.1. The number of rotatable bonds is 7. The van der Waals surface area contributed by atoms with E-state index >= 15 is 0 Å². The largest absolute Gasteiger partial charge is 0.466 e. The number of thioether (sulfide) groups is 1. The first-order valence-electron chi connectivity index (χ1n) is 8.05. The molecule has 0 bridgehead atoms. The monoisotopic (exact) mass is 478 g/mol. The standard InChI is InChI=1S/C15H21NO10S2.K/c17-7-10-12(19)13(20)14(21)15(25-10)27-11(16-26-28(22,23)24)6-9(18)8-4-2-1-3-5-8;/h1-5,9-10,12-15,17-21H,6-7H2,(H,22,23,24);/t9-,10+,12+,13-,14+,15-;/m0./s1. The minimum atomic E-state index is -4.92. The number of hydrogen-bond acceptors (Lipinski definition) is 11. The molecule has 0 spiro atoms. The SMILES string of the molecule is O=S(=O)(O)ON=C(C[C@H](O)c1ccccc1)S[C@@H]1O[C@H](CO)[C@@H](O)[C@H](O)[C@H]1O.[K]. The second-order valence-electron chi connectivity index (χ2n) is 5.93. The smallest absolute Gasteiger partial charge is 0.394 e. The van der Waals surface area contributed by atoms with E-state index in [1.54, 1.807) is 30.3 Å². The molecule has 1 aromatic rings. The van der Waals surface area contributed by atoms with E-state index in [1.807, 2.05) is 0 Å². The van der Waals surface area contributed by atoms with Crippen molar-refractivity contribution in [3.8, 4) is 0 Å². The molecule has 6 atom stereocenters. The van der Waals surface area contributed by atoms with Crippen LogP contribution in [-0.2, 0) is 19.4 Å². The van der Waals surface area contributed by atoms with Gasteiger partial charge in [0.15, 0.2) is 0 Å². The van der Waals surface area contributed by atoms with E-state index in [1.165, 1.54) is 0 Å². The Morgan fingerprint density at radius 2 is 1.79 bits per heavy atom. The number of aliphatic hydroxyl groups excluding tert-OH is 5. The first kappa shape index (κ1) is 27.4. The summed E-state index contributed by atoms with van der Waals surface area (Å²) < 4.78 is 39.6. The Morgan fingerprint density at radius 3 is 2.34 bits per heavy atom. The summed E-state index contributed by atoms with van der Waals surface area (Å²) in [6.07, 6.45) is -7.43. The van der Waals surface area contributed by atoms with Crippen LogP contribution in [0.2, 0.25) is 0 Å². The number of oxime groups is 1. The maximum Gasteiger partial charge on any atom is 0.466 e. The zero-order valence-electron chi connectivity index (χ0n) is 15.3. The molecule has 29 heavy (non-hydrogen) atoms. The fourth-order valence-electron chi connectivity index (χ4n) is 2.45. The van der Waals surface area contributed by atoms with Crippen molar-refractivity contribution in [2.75, 3.05) is 6.61 Å². The van der Waals surface area contributed by atoms with Gasteiger partial charge in [0.1, 0.15) is 34.9 Å². The fraction of sp³-hybridized carbons (Fsp3) is 0.533. The number of ether oxygens (including phenoxy) is 1. The predicted octanol–water partition coefficient (Wildman–Crippen LogP) is -1.60. The molecule has 11 nitrogen and oxygen atoms in total. The molecule has 1 saturated heterocycles. The topological polar surface area (TPSA) is 186 Å². The molecule has 1 aliphatic rings. The van der Waals surface area contributed by atoms with Crippen molar-refractivity contribution in [2.24, 2.45) is 5.16 Å². The summed E-state index contributed by atoms with van der Waals surface area (Å²) in [5.41, 5.74) is -0.793. The number of aliphatic hydroxyl groups is 5. The van der Waals surface area contributed by atoms with Crippen LogP contribution in [0, 0.1) is 0 Å². The molecule has 159 valence electrons. The summed E-state index contributed by atoms with van der Waals surface area (Å²) >= 11 is 0.597. The van der Waals surface area contributed by atoms with Crippen molar-refractivity contribution in [1.82, 2.24) is 0 Å². The average molecular weight is 479 g/mol. The van der Waals surface area contributed by atoms with Crippen LogP contribution in [0.1, 0.15) is 18.1 Å². The van der Waals surface area contributed by atoms with Gasteiger partial charge < -0.3 is 30.3 Å². The molecule has 1 aromatic carbocycles. The molecular formula is C15H21KNO10S2. The maximum absolute atomic E-state index is 10.8. The molecule has 6 N–H and O–H groups in total. The number of benzene rings is 1. The molecule has 1 aliphatic heterocycles. The van der Waals surface area contributed by atoms with Crippen LogP contribution in [0.3, 0.4) is 0 Å². The third kappa shape index (κ3) is 8.42. The number of hydrogen-bond donors (Lipinski definition) is 6. The van der Waals surface area contributed by atoms with Gasteiger partial charge in [0.2, 0.25) is 0 Å². The van der Waals surface area contributed by atoms with E-state index in [4.69, 9.17) is 9.29 Å². The maximum atomic E-state index is 10.8. The van der Waals surface area contributed by atoms with Gasteiger partial charge in [-0.1, -0.05) is 47.2 Å². The minimum absolute atomic E-state index is 0. The Kier molecular flexibility index (Phi) is 11.7. The van der Waals surface area contributed by atoms with Crippen molar-refractivity contribution in [2.45, 2.75) is 42.4 Å². The van der Waals surface area contributed by atoms with Crippen LogP contribution in [-0.4, -0.2) is 131 Å². The van der Waals surface area contributed by atoms with Crippen molar-refractivity contribution in [3.05, 3.63) is 35.9 Å². The molecule has 0 aliphatic carbocycles. The summed E-state index contributed by atoms with van der Waals surface area (Å²) in [5, 5.41) is 52.3. The van der Waals surface area contributed by atoms with Gasteiger partial charge >= 0.3 is 10.4 Å². The van der Waals surface area contributed by atoms with Crippen LogP contribution in [0.4, 0.5) is 0 Å². The Hall–Kier alpha value is 0.346. The van der Waals surface area contributed by atoms with Crippen molar-refractivity contribution in [1.29, 1.82) is 0 Å². The molecule has 1 radical (unpaired) electrons. The predicted molar refractivity (Wildman–Crippen MR) is 103 cm³/mol. The molecule has 2 rings (SSSR count). The van der Waals surface area contributed by atoms with Crippen molar-refractivity contribution in [3.63, 3.8) is 0 Å². The zero-order valence-corrected chi connectivity index (χ0v) is 20.1. The Balaban J connectivity index is 0.00000420. The molecule has 0 amide bonds. The summed E-state index contributed by atoms with van der Waals surface area (Å²) in [4.78, 5) is 0. The van der Waals surface area contributed by atoms with Gasteiger partial charge in [-0.3, -0.25) is 4.55 Å². The Morgan fingerprint density at radius 1 is 1.17 bits per heavy atom. The van der Waals surface area contributed by atoms with Crippen LogP contribution >= 0.6 is 11.8 Å². The normalized spacial score (nSPS) is 29.0. The summed E-state index contributed by atoms with van der Waals surface area (Å²) in [7, 11) is -4.92. The molecule has 1 fully saturated rings. The molecule has 14 heteroatoms. The fourth-order valence-corrected chi connectivity index (χ4v) is 3.79. The van der Waals surface area contributed by atoms with Crippen LogP contribution < -0.4 is 0 Å². The molecule has 0 saturated carbocycles. The van der Waals surface area contributed by atoms with Gasteiger partial charge in [0, 0.05) is 57.8 Å². The quantitative estimate of drug-likeness (QED) is 0.0871. The van der Waals surface area contributed by atoms with Crippen LogP contribution in [0.25, 0.3) is 0 Å². The van der Waals surface area contributed by atoms with E-state index in [9.17, 15) is 34.0 Å². The molecular weight excluding hydrogens is 457 g/mol.